The minimum atomic E-state index is -3.64. The standard InChI is InChI=1S/C22H24N4O5S2/c1-2-16-6-8-18(9-7-16)23-20(27)15-32-22-25-24-21(31-22)17-4-3-5-19(14-17)33(28,29)26-10-12-30-13-11-26/h3-9,14H,2,10-13,15H2,1H3,(H,23,27). The zero-order valence-electron chi connectivity index (χ0n) is 18.1. The van der Waals surface area contributed by atoms with E-state index < -0.39 is 10.0 Å². The van der Waals surface area contributed by atoms with E-state index in [9.17, 15) is 13.2 Å². The summed E-state index contributed by atoms with van der Waals surface area (Å²) in [6, 6.07) is 14.1. The molecular formula is C22H24N4O5S2. The molecule has 1 aromatic heterocycles. The molecule has 0 radical (unpaired) electrons. The van der Waals surface area contributed by atoms with Crippen LogP contribution in [0.15, 0.2) is 63.1 Å². The molecule has 0 aliphatic carbocycles. The number of hydrogen-bond donors (Lipinski definition) is 1. The van der Waals surface area contributed by atoms with Gasteiger partial charge >= 0.3 is 0 Å². The molecule has 1 N–H and O–H groups in total. The Hall–Kier alpha value is -2.73. The topological polar surface area (TPSA) is 115 Å². The average Bonchev–Trinajstić information content (AvgIpc) is 3.33. The molecule has 9 nitrogen and oxygen atoms in total. The second-order valence-corrected chi connectivity index (χ2v) is 10.2. The predicted octanol–water partition coefficient (Wildman–Crippen LogP) is 3.05. The van der Waals surface area contributed by atoms with Crippen LogP contribution in [-0.2, 0) is 26.0 Å². The fourth-order valence-corrected chi connectivity index (χ4v) is 5.28. The van der Waals surface area contributed by atoms with Crippen LogP contribution in [0.3, 0.4) is 0 Å². The Morgan fingerprint density at radius 1 is 1.12 bits per heavy atom. The van der Waals surface area contributed by atoms with E-state index in [1.807, 2.05) is 24.3 Å². The average molecular weight is 489 g/mol. The third-order valence-electron chi connectivity index (χ3n) is 5.07. The summed E-state index contributed by atoms with van der Waals surface area (Å²) in [5, 5.41) is 11.0. The number of amides is 1. The molecule has 0 atom stereocenters. The number of aromatic nitrogens is 2. The van der Waals surface area contributed by atoms with Crippen molar-refractivity contribution in [1.82, 2.24) is 14.5 Å². The quantitative estimate of drug-likeness (QED) is 0.481. The summed E-state index contributed by atoms with van der Waals surface area (Å²) in [6.45, 7) is 3.46. The minimum absolute atomic E-state index is 0.0998. The van der Waals surface area contributed by atoms with Gasteiger partial charge in [0.1, 0.15) is 0 Å². The van der Waals surface area contributed by atoms with Gasteiger partial charge in [-0.3, -0.25) is 4.79 Å². The van der Waals surface area contributed by atoms with Crippen molar-refractivity contribution in [2.45, 2.75) is 23.5 Å². The Balaban J connectivity index is 1.38. The van der Waals surface area contributed by atoms with Crippen LogP contribution in [-0.4, -0.2) is 60.9 Å². The lowest BCUT2D eigenvalue weighted by molar-refractivity contribution is -0.113. The van der Waals surface area contributed by atoms with E-state index in [4.69, 9.17) is 9.15 Å². The van der Waals surface area contributed by atoms with Crippen molar-refractivity contribution in [1.29, 1.82) is 0 Å². The predicted molar refractivity (Wildman–Crippen MR) is 124 cm³/mol. The Morgan fingerprint density at radius 3 is 2.61 bits per heavy atom. The van der Waals surface area contributed by atoms with Gasteiger partial charge < -0.3 is 14.5 Å². The van der Waals surface area contributed by atoms with Gasteiger partial charge in [-0.05, 0) is 42.3 Å². The SMILES string of the molecule is CCc1ccc(NC(=O)CSc2nnc(-c3cccc(S(=O)(=O)N4CCOCC4)c3)o2)cc1. The Kier molecular flexibility index (Phi) is 7.43. The zero-order valence-corrected chi connectivity index (χ0v) is 19.7. The van der Waals surface area contributed by atoms with Gasteiger partial charge in [-0.25, -0.2) is 8.42 Å². The molecule has 2 heterocycles. The minimum Gasteiger partial charge on any atom is -0.411 e. The Labute approximate surface area is 196 Å². The van der Waals surface area contributed by atoms with Crippen molar-refractivity contribution in [2.24, 2.45) is 0 Å². The molecule has 4 rings (SSSR count). The van der Waals surface area contributed by atoms with E-state index in [1.54, 1.807) is 12.1 Å². The van der Waals surface area contributed by atoms with E-state index in [2.05, 4.69) is 22.4 Å². The van der Waals surface area contributed by atoms with Crippen LogP contribution in [0.4, 0.5) is 5.69 Å². The number of nitrogens with zero attached hydrogens (tertiary/aromatic N) is 3. The number of carbonyl (C=O) groups is 1. The number of anilines is 1. The number of carbonyl (C=O) groups excluding carboxylic acids is 1. The van der Waals surface area contributed by atoms with Crippen molar-refractivity contribution >= 4 is 33.4 Å². The van der Waals surface area contributed by atoms with Gasteiger partial charge in [0.05, 0.1) is 23.9 Å². The van der Waals surface area contributed by atoms with Crippen molar-refractivity contribution in [3.05, 3.63) is 54.1 Å². The largest absolute Gasteiger partial charge is 0.411 e. The lowest BCUT2D eigenvalue weighted by Gasteiger charge is -2.26. The van der Waals surface area contributed by atoms with Gasteiger partial charge in [0.15, 0.2) is 0 Å². The third kappa shape index (κ3) is 5.80. The lowest BCUT2D eigenvalue weighted by atomic mass is 10.1. The van der Waals surface area contributed by atoms with Crippen LogP contribution in [0.2, 0.25) is 0 Å². The Bertz CT molecular complexity index is 1210. The van der Waals surface area contributed by atoms with Crippen molar-refractivity contribution in [3.63, 3.8) is 0 Å². The number of nitrogens with one attached hydrogen (secondary N) is 1. The normalized spacial score (nSPS) is 14.8. The van der Waals surface area contributed by atoms with Crippen LogP contribution in [0, 0.1) is 0 Å². The van der Waals surface area contributed by atoms with E-state index in [0.717, 1.165) is 23.9 Å². The molecule has 0 saturated carbocycles. The van der Waals surface area contributed by atoms with E-state index in [1.165, 1.54) is 22.0 Å². The number of thioether (sulfide) groups is 1. The van der Waals surface area contributed by atoms with Crippen molar-refractivity contribution in [3.8, 4) is 11.5 Å². The highest BCUT2D eigenvalue weighted by Gasteiger charge is 2.27. The molecule has 1 aliphatic rings. The molecule has 1 amide bonds. The molecule has 33 heavy (non-hydrogen) atoms. The Morgan fingerprint density at radius 2 is 1.88 bits per heavy atom. The first-order valence-electron chi connectivity index (χ1n) is 10.5. The fourth-order valence-electron chi connectivity index (χ4n) is 3.26. The number of rotatable bonds is 8. The molecule has 1 fully saturated rings. The summed E-state index contributed by atoms with van der Waals surface area (Å²) >= 11 is 1.11. The molecule has 0 unspecified atom stereocenters. The summed E-state index contributed by atoms with van der Waals surface area (Å²) in [5.41, 5.74) is 2.41. The lowest BCUT2D eigenvalue weighted by Crippen LogP contribution is -2.40. The molecule has 1 saturated heterocycles. The van der Waals surface area contributed by atoms with Gasteiger partial charge in [-0.15, -0.1) is 10.2 Å². The smallest absolute Gasteiger partial charge is 0.277 e. The molecule has 11 heteroatoms. The summed E-state index contributed by atoms with van der Waals surface area (Å²) in [6.07, 6.45) is 0.936. The molecule has 174 valence electrons. The summed E-state index contributed by atoms with van der Waals surface area (Å²) in [7, 11) is -3.64. The molecule has 0 spiro atoms. The molecule has 3 aromatic rings. The maximum absolute atomic E-state index is 12.9. The van der Waals surface area contributed by atoms with E-state index in [0.29, 0.717) is 31.9 Å². The first-order valence-corrected chi connectivity index (χ1v) is 12.9. The van der Waals surface area contributed by atoms with Crippen LogP contribution in [0.5, 0.6) is 0 Å². The second-order valence-electron chi connectivity index (χ2n) is 7.30. The number of ether oxygens (including phenoxy) is 1. The first-order chi connectivity index (χ1) is 16.0. The molecule has 0 bridgehead atoms. The molecular weight excluding hydrogens is 464 g/mol. The fraction of sp³-hybridized carbons (Fsp3) is 0.318. The molecule has 1 aliphatic heterocycles. The zero-order chi connectivity index (χ0) is 23.3. The highest BCUT2D eigenvalue weighted by atomic mass is 32.2. The maximum atomic E-state index is 12.9. The van der Waals surface area contributed by atoms with E-state index >= 15 is 0 Å². The second kappa shape index (κ2) is 10.5. The van der Waals surface area contributed by atoms with Crippen LogP contribution < -0.4 is 5.32 Å². The number of morpholine rings is 1. The first kappa shape index (κ1) is 23.4. The van der Waals surface area contributed by atoms with E-state index in [-0.39, 0.29) is 27.7 Å². The van der Waals surface area contributed by atoms with Crippen LogP contribution in [0.1, 0.15) is 12.5 Å². The highest BCUT2D eigenvalue weighted by Crippen LogP contribution is 2.26. The summed E-state index contributed by atoms with van der Waals surface area (Å²) in [4.78, 5) is 12.4. The van der Waals surface area contributed by atoms with Gasteiger partial charge in [-0.1, -0.05) is 36.9 Å². The molecule has 2 aromatic carbocycles. The van der Waals surface area contributed by atoms with Crippen molar-refractivity contribution < 1.29 is 22.4 Å². The maximum Gasteiger partial charge on any atom is 0.277 e. The third-order valence-corrected chi connectivity index (χ3v) is 7.78. The number of hydrogen-bond acceptors (Lipinski definition) is 8. The number of sulfonamides is 1. The van der Waals surface area contributed by atoms with Gasteiger partial charge in [0.25, 0.3) is 5.22 Å². The monoisotopic (exact) mass is 488 g/mol. The van der Waals surface area contributed by atoms with Gasteiger partial charge in [0, 0.05) is 24.3 Å². The van der Waals surface area contributed by atoms with Gasteiger partial charge in [0.2, 0.25) is 21.8 Å². The summed E-state index contributed by atoms with van der Waals surface area (Å²) < 4.78 is 38.1. The van der Waals surface area contributed by atoms with Gasteiger partial charge in [-0.2, -0.15) is 4.31 Å². The highest BCUT2D eigenvalue weighted by molar-refractivity contribution is 7.99. The van der Waals surface area contributed by atoms with Crippen LogP contribution >= 0.6 is 11.8 Å². The van der Waals surface area contributed by atoms with Crippen molar-refractivity contribution in [2.75, 3.05) is 37.4 Å². The number of aryl methyl sites for hydroxylation is 1. The van der Waals surface area contributed by atoms with Crippen LogP contribution in [0.25, 0.3) is 11.5 Å². The number of benzene rings is 2. The summed E-state index contributed by atoms with van der Waals surface area (Å²) in [5.74, 6) is 0.0949.